The van der Waals surface area contributed by atoms with Crippen molar-refractivity contribution in [1.29, 1.82) is 0 Å². The lowest BCUT2D eigenvalue weighted by atomic mass is 9.93. The molecule has 0 bridgehead atoms. The summed E-state index contributed by atoms with van der Waals surface area (Å²) in [6.45, 7) is 7.23. The van der Waals surface area contributed by atoms with Crippen LogP contribution in [0.2, 0.25) is 0 Å². The molecule has 1 aliphatic heterocycles. The Morgan fingerprint density at radius 3 is 2.27 bits per heavy atom. The van der Waals surface area contributed by atoms with Gasteiger partial charge in [0.1, 0.15) is 11.5 Å². The van der Waals surface area contributed by atoms with Crippen LogP contribution in [0.4, 0.5) is 0 Å². The van der Waals surface area contributed by atoms with Crippen molar-refractivity contribution in [3.8, 4) is 5.75 Å². The Morgan fingerprint density at radius 2 is 1.65 bits per heavy atom. The first-order valence-corrected chi connectivity index (χ1v) is 12.9. The molecule has 6 heteroatoms. The third-order valence-corrected chi connectivity index (χ3v) is 6.71. The van der Waals surface area contributed by atoms with Crippen molar-refractivity contribution in [1.82, 2.24) is 9.88 Å². The summed E-state index contributed by atoms with van der Waals surface area (Å²) in [5.74, 6) is -0.464. The van der Waals surface area contributed by atoms with Gasteiger partial charge in [-0.25, -0.2) is 0 Å². The van der Waals surface area contributed by atoms with Crippen LogP contribution in [0.15, 0.2) is 78.6 Å². The standard InChI is InChI=1S/C31H34N2O4/c1-4-5-6-19-37-26-13-11-25(12-14-26)29(34)27-28(24-9-7-23(8-10-24)21(2)3)33(31(36)30(27)35)20-22-15-17-32-18-16-22/h7-18,21,28,34H,4-6,19-20H2,1-3H3/b29-27-. The molecule has 4 rings (SSSR count). The number of aliphatic hydroxyl groups excluding tert-OH is 1. The first-order valence-electron chi connectivity index (χ1n) is 12.9. The van der Waals surface area contributed by atoms with Gasteiger partial charge in [0.25, 0.3) is 11.7 Å². The fourth-order valence-electron chi connectivity index (χ4n) is 4.54. The summed E-state index contributed by atoms with van der Waals surface area (Å²) in [6.07, 6.45) is 6.52. The van der Waals surface area contributed by atoms with Crippen LogP contribution in [-0.2, 0) is 16.1 Å². The van der Waals surface area contributed by atoms with Gasteiger partial charge in [-0.3, -0.25) is 14.6 Å². The zero-order valence-electron chi connectivity index (χ0n) is 21.7. The molecule has 1 N–H and O–H groups in total. The topological polar surface area (TPSA) is 79.7 Å². The molecule has 1 fully saturated rings. The van der Waals surface area contributed by atoms with E-state index < -0.39 is 17.7 Å². The van der Waals surface area contributed by atoms with Gasteiger partial charge in [0, 0.05) is 24.5 Å². The molecule has 2 heterocycles. The van der Waals surface area contributed by atoms with Gasteiger partial charge in [0.15, 0.2) is 0 Å². The number of ether oxygens (including phenoxy) is 1. The number of amides is 1. The molecule has 192 valence electrons. The van der Waals surface area contributed by atoms with Gasteiger partial charge >= 0.3 is 0 Å². The largest absolute Gasteiger partial charge is 0.507 e. The third kappa shape index (κ3) is 5.91. The van der Waals surface area contributed by atoms with E-state index in [9.17, 15) is 14.7 Å². The van der Waals surface area contributed by atoms with E-state index >= 15 is 0 Å². The molecule has 3 aromatic rings. The van der Waals surface area contributed by atoms with Crippen LogP contribution in [0.25, 0.3) is 5.76 Å². The second-order valence-electron chi connectivity index (χ2n) is 9.68. The Kier molecular flexibility index (Phi) is 8.39. The molecule has 0 spiro atoms. The molecule has 0 saturated carbocycles. The fourth-order valence-corrected chi connectivity index (χ4v) is 4.54. The SMILES string of the molecule is CCCCCOc1ccc(/C(O)=C2/C(=O)C(=O)N(Cc3ccncc3)C2c2ccc(C(C)C)cc2)cc1. The van der Waals surface area contributed by atoms with Gasteiger partial charge in [-0.2, -0.15) is 0 Å². The van der Waals surface area contributed by atoms with E-state index in [0.29, 0.717) is 23.8 Å². The Morgan fingerprint density at radius 1 is 0.973 bits per heavy atom. The quantitative estimate of drug-likeness (QED) is 0.151. The lowest BCUT2D eigenvalue weighted by Crippen LogP contribution is -2.29. The average molecular weight is 499 g/mol. The molecule has 1 unspecified atom stereocenters. The lowest BCUT2D eigenvalue weighted by molar-refractivity contribution is -0.140. The van der Waals surface area contributed by atoms with Crippen LogP contribution in [0.5, 0.6) is 5.75 Å². The van der Waals surface area contributed by atoms with Crippen molar-refractivity contribution in [3.05, 3.63) is 101 Å². The minimum Gasteiger partial charge on any atom is -0.507 e. The number of likely N-dealkylation sites (tertiary alicyclic amines) is 1. The number of aliphatic hydroxyl groups is 1. The monoisotopic (exact) mass is 498 g/mol. The summed E-state index contributed by atoms with van der Waals surface area (Å²) in [7, 11) is 0. The number of carbonyl (C=O) groups is 2. The number of aromatic nitrogens is 1. The van der Waals surface area contributed by atoms with Crippen LogP contribution in [0, 0.1) is 0 Å². The van der Waals surface area contributed by atoms with Crippen molar-refractivity contribution >= 4 is 17.4 Å². The molecular weight excluding hydrogens is 464 g/mol. The van der Waals surface area contributed by atoms with Crippen molar-refractivity contribution in [3.63, 3.8) is 0 Å². The highest BCUT2D eigenvalue weighted by atomic mass is 16.5. The molecule has 2 aromatic carbocycles. The first-order chi connectivity index (χ1) is 17.9. The number of benzene rings is 2. The van der Waals surface area contributed by atoms with E-state index in [4.69, 9.17) is 4.74 Å². The maximum atomic E-state index is 13.3. The number of pyridine rings is 1. The van der Waals surface area contributed by atoms with Gasteiger partial charge in [0.2, 0.25) is 0 Å². The highest BCUT2D eigenvalue weighted by Crippen LogP contribution is 2.40. The summed E-state index contributed by atoms with van der Waals surface area (Å²) in [5, 5.41) is 11.3. The fraction of sp³-hybridized carbons (Fsp3) is 0.323. The van der Waals surface area contributed by atoms with Crippen LogP contribution in [0.3, 0.4) is 0 Å². The number of ketones is 1. The zero-order valence-corrected chi connectivity index (χ0v) is 21.7. The Hall–Kier alpha value is -3.93. The molecule has 1 amide bonds. The second kappa shape index (κ2) is 11.9. The molecule has 6 nitrogen and oxygen atoms in total. The normalized spacial score (nSPS) is 17.0. The Balaban J connectivity index is 1.71. The first kappa shape index (κ1) is 26.1. The summed E-state index contributed by atoms with van der Waals surface area (Å²) in [5.41, 5.74) is 3.34. The molecule has 1 saturated heterocycles. The summed E-state index contributed by atoms with van der Waals surface area (Å²) < 4.78 is 5.78. The Labute approximate surface area is 218 Å². The molecule has 1 aliphatic rings. The Bertz CT molecular complexity index is 1250. The number of Topliss-reactive ketones (excluding diaryl/α,β-unsaturated/α-hetero) is 1. The van der Waals surface area contributed by atoms with Crippen LogP contribution >= 0.6 is 0 Å². The number of hydrogen-bond donors (Lipinski definition) is 1. The third-order valence-electron chi connectivity index (χ3n) is 6.71. The minimum absolute atomic E-state index is 0.0907. The minimum atomic E-state index is -0.709. The summed E-state index contributed by atoms with van der Waals surface area (Å²) in [6, 6.07) is 17.8. The van der Waals surface area contributed by atoms with E-state index in [1.54, 1.807) is 36.7 Å². The summed E-state index contributed by atoms with van der Waals surface area (Å²) in [4.78, 5) is 32.1. The summed E-state index contributed by atoms with van der Waals surface area (Å²) >= 11 is 0. The predicted molar refractivity (Wildman–Crippen MR) is 144 cm³/mol. The van der Waals surface area contributed by atoms with E-state index in [-0.39, 0.29) is 17.9 Å². The smallest absolute Gasteiger partial charge is 0.295 e. The van der Waals surface area contributed by atoms with E-state index in [2.05, 4.69) is 25.8 Å². The lowest BCUT2D eigenvalue weighted by Gasteiger charge is -2.25. The number of rotatable bonds is 10. The average Bonchev–Trinajstić information content (AvgIpc) is 3.16. The number of unbranched alkanes of at least 4 members (excludes halogenated alkanes) is 2. The van der Waals surface area contributed by atoms with Crippen molar-refractivity contribution in [2.75, 3.05) is 6.61 Å². The number of hydrogen-bond acceptors (Lipinski definition) is 5. The van der Waals surface area contributed by atoms with Crippen molar-refractivity contribution in [2.24, 2.45) is 0 Å². The maximum absolute atomic E-state index is 13.3. The van der Waals surface area contributed by atoms with E-state index in [0.717, 1.165) is 36.0 Å². The van der Waals surface area contributed by atoms with Gasteiger partial charge in [-0.15, -0.1) is 0 Å². The number of nitrogens with zero attached hydrogens (tertiary/aromatic N) is 2. The van der Waals surface area contributed by atoms with E-state index in [1.165, 1.54) is 4.90 Å². The van der Waals surface area contributed by atoms with Crippen LogP contribution < -0.4 is 4.74 Å². The highest BCUT2D eigenvalue weighted by molar-refractivity contribution is 6.46. The van der Waals surface area contributed by atoms with Gasteiger partial charge in [-0.05, 0) is 65.4 Å². The van der Waals surface area contributed by atoms with Crippen LogP contribution in [-0.4, -0.2) is 33.3 Å². The second-order valence-corrected chi connectivity index (χ2v) is 9.68. The molecule has 0 aliphatic carbocycles. The van der Waals surface area contributed by atoms with Crippen molar-refractivity contribution < 1.29 is 19.4 Å². The van der Waals surface area contributed by atoms with Gasteiger partial charge in [0.05, 0.1) is 18.2 Å². The molecule has 37 heavy (non-hydrogen) atoms. The molecule has 0 radical (unpaired) electrons. The highest BCUT2D eigenvalue weighted by Gasteiger charge is 2.46. The predicted octanol–water partition coefficient (Wildman–Crippen LogP) is 6.40. The van der Waals surface area contributed by atoms with Crippen LogP contribution in [0.1, 0.15) is 74.2 Å². The molecule has 1 atom stereocenters. The zero-order chi connectivity index (χ0) is 26.4. The van der Waals surface area contributed by atoms with E-state index in [1.807, 2.05) is 36.4 Å². The van der Waals surface area contributed by atoms with Gasteiger partial charge < -0.3 is 14.7 Å². The number of carbonyl (C=O) groups excluding carboxylic acids is 2. The maximum Gasteiger partial charge on any atom is 0.295 e. The van der Waals surface area contributed by atoms with Gasteiger partial charge in [-0.1, -0.05) is 57.9 Å². The molecule has 1 aromatic heterocycles. The van der Waals surface area contributed by atoms with Crippen molar-refractivity contribution in [2.45, 2.75) is 58.5 Å². The molecular formula is C31H34N2O4.